The fourth-order valence-electron chi connectivity index (χ4n) is 2.55. The molecule has 0 saturated heterocycles. The van der Waals surface area contributed by atoms with Crippen molar-refractivity contribution in [2.24, 2.45) is 0 Å². The first-order valence-corrected chi connectivity index (χ1v) is 8.50. The lowest BCUT2D eigenvalue weighted by molar-refractivity contribution is 0.0950. The fourth-order valence-corrected chi connectivity index (χ4v) is 4.17. The smallest absolute Gasteiger partial charge is 0.252 e. The van der Waals surface area contributed by atoms with Crippen molar-refractivity contribution in [1.29, 1.82) is 0 Å². The molecule has 0 unspecified atom stereocenters. The second-order valence-electron chi connectivity index (χ2n) is 5.04. The van der Waals surface area contributed by atoms with Crippen LogP contribution in [0.4, 0.5) is 0 Å². The van der Waals surface area contributed by atoms with Crippen molar-refractivity contribution in [2.75, 3.05) is 7.11 Å². The molecule has 1 aromatic carbocycles. The summed E-state index contributed by atoms with van der Waals surface area (Å²) in [4.78, 5) is 15.0. The summed E-state index contributed by atoms with van der Waals surface area (Å²) in [5, 5.41) is 2.98. The van der Waals surface area contributed by atoms with Crippen LogP contribution in [0.2, 0.25) is 0 Å². The maximum Gasteiger partial charge on any atom is 0.252 e. The molecule has 5 heteroatoms. The van der Waals surface area contributed by atoms with Gasteiger partial charge in [-0.25, -0.2) is 0 Å². The molecule has 0 fully saturated rings. The van der Waals surface area contributed by atoms with Crippen LogP contribution in [-0.4, -0.2) is 13.0 Å². The third-order valence-corrected chi connectivity index (χ3v) is 5.57. The molecule has 0 aliphatic heterocycles. The number of hydrogen-bond donors (Lipinski definition) is 1. The van der Waals surface area contributed by atoms with Crippen molar-refractivity contribution < 1.29 is 9.53 Å². The molecule has 0 saturated carbocycles. The van der Waals surface area contributed by atoms with Crippen molar-refractivity contribution >= 4 is 33.2 Å². The van der Waals surface area contributed by atoms with Gasteiger partial charge in [-0.1, -0.05) is 0 Å². The van der Waals surface area contributed by atoms with Crippen LogP contribution in [0.1, 0.15) is 32.1 Å². The van der Waals surface area contributed by atoms with Gasteiger partial charge in [-0.15, -0.1) is 11.3 Å². The maximum absolute atomic E-state index is 12.3. The van der Waals surface area contributed by atoms with Gasteiger partial charge >= 0.3 is 0 Å². The van der Waals surface area contributed by atoms with E-state index in [1.165, 1.54) is 34.6 Å². The number of thiophene rings is 1. The van der Waals surface area contributed by atoms with Gasteiger partial charge in [0.15, 0.2) is 0 Å². The molecule has 1 aliphatic carbocycles. The van der Waals surface area contributed by atoms with E-state index in [1.807, 2.05) is 23.5 Å². The summed E-state index contributed by atoms with van der Waals surface area (Å²) in [5.74, 6) is 0.591. The van der Waals surface area contributed by atoms with E-state index in [0.717, 1.165) is 4.47 Å². The van der Waals surface area contributed by atoms with E-state index in [9.17, 15) is 4.79 Å². The highest BCUT2D eigenvalue weighted by Crippen LogP contribution is 2.30. The zero-order valence-corrected chi connectivity index (χ0v) is 14.1. The van der Waals surface area contributed by atoms with Gasteiger partial charge in [-0.3, -0.25) is 4.79 Å². The minimum Gasteiger partial charge on any atom is -0.497 e. The van der Waals surface area contributed by atoms with Gasteiger partial charge in [0.25, 0.3) is 5.91 Å². The number of hydrogen-bond acceptors (Lipinski definition) is 3. The molecule has 0 bridgehead atoms. The average molecular weight is 366 g/mol. The third-order valence-electron chi connectivity index (χ3n) is 3.64. The van der Waals surface area contributed by atoms with Crippen LogP contribution in [-0.2, 0) is 19.4 Å². The summed E-state index contributed by atoms with van der Waals surface area (Å²) in [5.41, 5.74) is 2.06. The van der Waals surface area contributed by atoms with Gasteiger partial charge in [-0.05, 0) is 65.0 Å². The lowest BCUT2D eigenvalue weighted by Gasteiger charge is -2.08. The number of aryl methyl sites for hydroxylation is 2. The SMILES string of the molecule is COc1ccc(Br)c(C(=O)NCc2cc3c(s2)CCC3)c1. The number of ether oxygens (including phenoxy) is 1. The van der Waals surface area contributed by atoms with Gasteiger partial charge in [-0.2, -0.15) is 0 Å². The first kappa shape index (κ1) is 14.6. The third kappa shape index (κ3) is 3.14. The molecule has 0 radical (unpaired) electrons. The molecule has 1 amide bonds. The Morgan fingerprint density at radius 2 is 2.24 bits per heavy atom. The number of carbonyl (C=O) groups excluding carboxylic acids is 1. The standard InChI is InChI=1S/C16H16BrNO2S/c1-20-11-5-6-14(17)13(8-11)16(19)18-9-12-7-10-3-2-4-15(10)21-12/h5-8H,2-4,9H2,1H3,(H,18,19). The quantitative estimate of drug-likeness (QED) is 0.890. The molecular formula is C16H16BrNO2S. The van der Waals surface area contributed by atoms with Gasteiger partial charge in [0.2, 0.25) is 0 Å². The number of rotatable bonds is 4. The highest BCUT2D eigenvalue weighted by Gasteiger charge is 2.16. The van der Waals surface area contributed by atoms with E-state index in [1.54, 1.807) is 13.2 Å². The summed E-state index contributed by atoms with van der Waals surface area (Å²) in [6, 6.07) is 7.62. The molecule has 1 aromatic heterocycles. The Labute approximate surface area is 136 Å². The van der Waals surface area contributed by atoms with E-state index in [2.05, 4.69) is 27.3 Å². The normalized spacial score (nSPS) is 13.0. The summed E-state index contributed by atoms with van der Waals surface area (Å²) >= 11 is 5.23. The van der Waals surface area contributed by atoms with Crippen LogP contribution < -0.4 is 10.1 Å². The lowest BCUT2D eigenvalue weighted by atomic mass is 10.2. The summed E-state index contributed by atoms with van der Waals surface area (Å²) in [6.45, 7) is 0.583. The molecule has 2 aromatic rings. The summed E-state index contributed by atoms with van der Waals surface area (Å²) in [7, 11) is 1.60. The molecule has 0 atom stereocenters. The van der Waals surface area contributed by atoms with E-state index in [0.29, 0.717) is 17.9 Å². The molecule has 0 spiro atoms. The molecule has 3 nitrogen and oxygen atoms in total. The summed E-state index contributed by atoms with van der Waals surface area (Å²) < 4.78 is 5.94. The molecule has 3 rings (SSSR count). The highest BCUT2D eigenvalue weighted by molar-refractivity contribution is 9.10. The van der Waals surface area contributed by atoms with Crippen LogP contribution in [0.5, 0.6) is 5.75 Å². The predicted molar refractivity (Wildman–Crippen MR) is 88.2 cm³/mol. The van der Waals surface area contributed by atoms with E-state index in [4.69, 9.17) is 4.74 Å². The minimum atomic E-state index is -0.0886. The van der Waals surface area contributed by atoms with Gasteiger partial charge in [0, 0.05) is 14.2 Å². The molecular weight excluding hydrogens is 350 g/mol. The number of carbonyl (C=O) groups is 1. The van der Waals surface area contributed by atoms with E-state index in [-0.39, 0.29) is 5.91 Å². The molecule has 110 valence electrons. The van der Waals surface area contributed by atoms with Crippen molar-refractivity contribution in [3.8, 4) is 5.75 Å². The predicted octanol–water partition coefficient (Wildman–Crippen LogP) is 3.94. The summed E-state index contributed by atoms with van der Waals surface area (Å²) in [6.07, 6.45) is 3.64. The van der Waals surface area contributed by atoms with Gasteiger partial charge in [0.05, 0.1) is 19.2 Å². The molecule has 1 N–H and O–H groups in total. The number of methoxy groups -OCH3 is 1. The van der Waals surface area contributed by atoms with Crippen LogP contribution >= 0.6 is 27.3 Å². The Hall–Kier alpha value is -1.33. The number of nitrogens with one attached hydrogen (secondary N) is 1. The van der Waals surface area contributed by atoms with Gasteiger partial charge < -0.3 is 10.1 Å². The maximum atomic E-state index is 12.3. The van der Waals surface area contributed by atoms with Crippen LogP contribution in [0.15, 0.2) is 28.7 Å². The van der Waals surface area contributed by atoms with Crippen LogP contribution in [0, 0.1) is 0 Å². The van der Waals surface area contributed by atoms with Crippen molar-refractivity contribution in [2.45, 2.75) is 25.8 Å². The largest absolute Gasteiger partial charge is 0.497 e. The van der Waals surface area contributed by atoms with Crippen LogP contribution in [0.25, 0.3) is 0 Å². The zero-order chi connectivity index (χ0) is 14.8. The Morgan fingerprint density at radius 1 is 1.38 bits per heavy atom. The van der Waals surface area contributed by atoms with Gasteiger partial charge in [0.1, 0.15) is 5.75 Å². The first-order chi connectivity index (χ1) is 10.2. The van der Waals surface area contributed by atoms with Crippen LogP contribution in [0.3, 0.4) is 0 Å². The highest BCUT2D eigenvalue weighted by atomic mass is 79.9. The number of benzene rings is 1. The Balaban J connectivity index is 1.68. The van der Waals surface area contributed by atoms with Crippen molar-refractivity contribution in [3.63, 3.8) is 0 Å². The molecule has 1 aliphatic rings. The first-order valence-electron chi connectivity index (χ1n) is 6.89. The molecule has 21 heavy (non-hydrogen) atoms. The number of fused-ring (bicyclic) bond motifs is 1. The average Bonchev–Trinajstić information content (AvgIpc) is 3.06. The minimum absolute atomic E-state index is 0.0886. The fraction of sp³-hybridized carbons (Fsp3) is 0.312. The Kier molecular flexibility index (Phi) is 4.31. The monoisotopic (exact) mass is 365 g/mol. The zero-order valence-electron chi connectivity index (χ0n) is 11.7. The lowest BCUT2D eigenvalue weighted by Crippen LogP contribution is -2.22. The Bertz CT molecular complexity index is 659. The Morgan fingerprint density at radius 3 is 3.00 bits per heavy atom. The van der Waals surface area contributed by atoms with E-state index >= 15 is 0 Å². The van der Waals surface area contributed by atoms with E-state index < -0.39 is 0 Å². The second-order valence-corrected chi connectivity index (χ2v) is 7.12. The number of amides is 1. The topological polar surface area (TPSA) is 38.3 Å². The number of halogens is 1. The van der Waals surface area contributed by atoms with Crippen molar-refractivity contribution in [3.05, 3.63) is 49.6 Å². The second kappa shape index (κ2) is 6.20. The van der Waals surface area contributed by atoms with Crippen molar-refractivity contribution in [1.82, 2.24) is 5.32 Å². The molecule has 1 heterocycles.